The van der Waals surface area contributed by atoms with Crippen LogP contribution in [0.4, 0.5) is 0 Å². The normalized spacial score (nSPS) is 11.5. The van der Waals surface area contributed by atoms with E-state index in [0.29, 0.717) is 0 Å². The molecule has 0 amide bonds. The van der Waals surface area contributed by atoms with Crippen molar-refractivity contribution < 1.29 is 8.42 Å². The highest BCUT2D eigenvalue weighted by molar-refractivity contribution is 8.13. The summed E-state index contributed by atoms with van der Waals surface area (Å²) in [6.45, 7) is 0. The van der Waals surface area contributed by atoms with Gasteiger partial charge in [0, 0.05) is 10.7 Å². The van der Waals surface area contributed by atoms with E-state index < -0.39 is 9.05 Å². The average molecular weight is 259 g/mol. The molecule has 2 aromatic rings. The predicted octanol–water partition coefficient (Wildman–Crippen LogP) is 3.34. The molecule has 0 saturated carbocycles. The van der Waals surface area contributed by atoms with Crippen LogP contribution in [0, 0.1) is 0 Å². The SMILES string of the molecule is O=S(=O)(Cl)c1ccc(-c2ccsc2)cc1. The van der Waals surface area contributed by atoms with Crippen LogP contribution in [0.5, 0.6) is 0 Å². The maximum Gasteiger partial charge on any atom is 0.261 e. The molecule has 0 aliphatic rings. The first-order chi connectivity index (χ1) is 7.07. The summed E-state index contributed by atoms with van der Waals surface area (Å²) in [5.41, 5.74) is 2.07. The quantitative estimate of drug-likeness (QED) is 0.775. The number of rotatable bonds is 2. The Morgan fingerprint density at radius 1 is 1.00 bits per heavy atom. The first kappa shape index (κ1) is 10.7. The minimum atomic E-state index is -3.61. The summed E-state index contributed by atoms with van der Waals surface area (Å²) in [6.07, 6.45) is 0. The van der Waals surface area contributed by atoms with Gasteiger partial charge in [-0.3, -0.25) is 0 Å². The molecule has 0 unspecified atom stereocenters. The fourth-order valence-corrected chi connectivity index (χ4v) is 2.67. The van der Waals surface area contributed by atoms with E-state index >= 15 is 0 Å². The third kappa shape index (κ3) is 2.40. The van der Waals surface area contributed by atoms with Crippen LogP contribution in [0.25, 0.3) is 11.1 Å². The van der Waals surface area contributed by atoms with Crippen LogP contribution in [0.2, 0.25) is 0 Å². The van der Waals surface area contributed by atoms with Gasteiger partial charge < -0.3 is 0 Å². The zero-order valence-corrected chi connectivity index (χ0v) is 9.94. The molecule has 0 saturated heterocycles. The van der Waals surface area contributed by atoms with Crippen LogP contribution in [0.15, 0.2) is 46.0 Å². The lowest BCUT2D eigenvalue weighted by Crippen LogP contribution is -1.89. The summed E-state index contributed by atoms with van der Waals surface area (Å²) < 4.78 is 22.0. The summed E-state index contributed by atoms with van der Waals surface area (Å²) in [7, 11) is 1.60. The molecule has 0 spiro atoms. The lowest BCUT2D eigenvalue weighted by Gasteiger charge is -1.99. The van der Waals surface area contributed by atoms with Crippen LogP contribution in [-0.4, -0.2) is 8.42 Å². The Labute approximate surface area is 96.6 Å². The van der Waals surface area contributed by atoms with E-state index in [1.807, 2.05) is 16.8 Å². The van der Waals surface area contributed by atoms with E-state index in [9.17, 15) is 8.42 Å². The Hall–Kier alpha value is -0.840. The first-order valence-electron chi connectivity index (χ1n) is 4.15. The molecular weight excluding hydrogens is 252 g/mol. The second-order valence-electron chi connectivity index (χ2n) is 2.97. The molecule has 2 nitrogen and oxygen atoms in total. The molecular formula is C10H7ClO2S2. The van der Waals surface area contributed by atoms with Crippen molar-refractivity contribution in [2.75, 3.05) is 0 Å². The Bertz CT molecular complexity index is 542. The van der Waals surface area contributed by atoms with Gasteiger partial charge in [0.25, 0.3) is 9.05 Å². The van der Waals surface area contributed by atoms with Crippen molar-refractivity contribution in [3.05, 3.63) is 41.1 Å². The molecule has 0 aliphatic heterocycles. The van der Waals surface area contributed by atoms with Gasteiger partial charge >= 0.3 is 0 Å². The Kier molecular flexibility index (Phi) is 2.82. The molecule has 15 heavy (non-hydrogen) atoms. The van der Waals surface area contributed by atoms with Crippen molar-refractivity contribution in [1.82, 2.24) is 0 Å². The molecule has 0 fully saturated rings. The summed E-state index contributed by atoms with van der Waals surface area (Å²) >= 11 is 1.60. The van der Waals surface area contributed by atoms with Gasteiger partial charge in [-0.15, -0.1) is 0 Å². The number of hydrogen-bond acceptors (Lipinski definition) is 3. The van der Waals surface area contributed by atoms with Crippen molar-refractivity contribution in [2.45, 2.75) is 4.90 Å². The van der Waals surface area contributed by atoms with Gasteiger partial charge in [-0.2, -0.15) is 11.3 Å². The number of thiophene rings is 1. The minimum absolute atomic E-state index is 0.128. The lowest BCUT2D eigenvalue weighted by molar-refractivity contribution is 0.609. The second kappa shape index (κ2) is 3.96. The highest BCUT2D eigenvalue weighted by Gasteiger charge is 2.09. The summed E-state index contributed by atoms with van der Waals surface area (Å²) in [4.78, 5) is 0.128. The van der Waals surface area contributed by atoms with E-state index in [4.69, 9.17) is 10.7 Å². The van der Waals surface area contributed by atoms with E-state index in [0.717, 1.165) is 11.1 Å². The van der Waals surface area contributed by atoms with Crippen molar-refractivity contribution in [3.8, 4) is 11.1 Å². The highest BCUT2D eigenvalue weighted by Crippen LogP contribution is 2.24. The van der Waals surface area contributed by atoms with Gasteiger partial charge in [0.1, 0.15) is 0 Å². The number of hydrogen-bond donors (Lipinski definition) is 0. The topological polar surface area (TPSA) is 34.1 Å². The molecule has 0 N–H and O–H groups in total. The van der Waals surface area contributed by atoms with Gasteiger partial charge in [0.15, 0.2) is 0 Å². The summed E-state index contributed by atoms with van der Waals surface area (Å²) in [6, 6.07) is 8.49. The Morgan fingerprint density at radius 2 is 1.67 bits per heavy atom. The van der Waals surface area contributed by atoms with E-state index in [-0.39, 0.29) is 4.90 Å². The molecule has 0 radical (unpaired) electrons. The van der Waals surface area contributed by atoms with Crippen molar-refractivity contribution in [2.24, 2.45) is 0 Å². The van der Waals surface area contributed by atoms with Gasteiger partial charge in [0.05, 0.1) is 4.90 Å². The zero-order valence-electron chi connectivity index (χ0n) is 7.55. The predicted molar refractivity (Wildman–Crippen MR) is 62.8 cm³/mol. The Morgan fingerprint density at radius 3 is 2.13 bits per heavy atom. The molecule has 5 heteroatoms. The molecule has 0 atom stereocenters. The molecule has 1 aromatic heterocycles. The van der Waals surface area contributed by atoms with Gasteiger partial charge in [-0.1, -0.05) is 12.1 Å². The molecule has 78 valence electrons. The van der Waals surface area contributed by atoms with Gasteiger partial charge in [-0.05, 0) is 40.1 Å². The maximum atomic E-state index is 11.0. The largest absolute Gasteiger partial charge is 0.261 e. The molecule has 2 rings (SSSR count). The monoisotopic (exact) mass is 258 g/mol. The lowest BCUT2D eigenvalue weighted by atomic mass is 10.1. The minimum Gasteiger partial charge on any atom is -0.207 e. The molecule has 0 aliphatic carbocycles. The highest BCUT2D eigenvalue weighted by atomic mass is 35.7. The van der Waals surface area contributed by atoms with Crippen LogP contribution < -0.4 is 0 Å². The van der Waals surface area contributed by atoms with Crippen molar-refractivity contribution in [3.63, 3.8) is 0 Å². The average Bonchev–Trinajstić information content (AvgIpc) is 2.69. The summed E-state index contributed by atoms with van der Waals surface area (Å²) in [5, 5.41) is 3.98. The third-order valence-electron chi connectivity index (χ3n) is 1.99. The van der Waals surface area contributed by atoms with E-state index in [1.165, 1.54) is 12.1 Å². The standard InChI is InChI=1S/C10H7ClO2S2/c11-15(12,13)10-3-1-8(2-4-10)9-5-6-14-7-9/h1-7H. The summed E-state index contributed by atoms with van der Waals surface area (Å²) in [5.74, 6) is 0. The zero-order chi connectivity index (χ0) is 10.9. The first-order valence-corrected chi connectivity index (χ1v) is 7.40. The van der Waals surface area contributed by atoms with Gasteiger partial charge in [-0.25, -0.2) is 8.42 Å². The second-order valence-corrected chi connectivity index (χ2v) is 6.32. The van der Waals surface area contributed by atoms with Crippen molar-refractivity contribution in [1.29, 1.82) is 0 Å². The Balaban J connectivity index is 2.42. The van der Waals surface area contributed by atoms with E-state index in [2.05, 4.69) is 0 Å². The smallest absolute Gasteiger partial charge is 0.207 e. The van der Waals surface area contributed by atoms with Crippen LogP contribution in [0.1, 0.15) is 0 Å². The fourth-order valence-electron chi connectivity index (χ4n) is 1.24. The number of halogens is 1. The third-order valence-corrected chi connectivity index (χ3v) is 4.04. The van der Waals surface area contributed by atoms with Crippen LogP contribution in [0.3, 0.4) is 0 Å². The molecule has 1 heterocycles. The van der Waals surface area contributed by atoms with Crippen molar-refractivity contribution >= 4 is 31.1 Å². The molecule has 0 bridgehead atoms. The molecule has 1 aromatic carbocycles. The van der Waals surface area contributed by atoms with Crippen LogP contribution >= 0.6 is 22.0 Å². The van der Waals surface area contributed by atoms with E-state index in [1.54, 1.807) is 23.5 Å². The fraction of sp³-hybridized carbons (Fsp3) is 0. The number of benzene rings is 1. The van der Waals surface area contributed by atoms with Crippen LogP contribution in [-0.2, 0) is 9.05 Å². The van der Waals surface area contributed by atoms with Gasteiger partial charge in [0.2, 0.25) is 0 Å². The maximum absolute atomic E-state index is 11.0.